The molecule has 0 aromatic heterocycles. The van der Waals surface area contributed by atoms with E-state index in [4.69, 9.17) is 10.5 Å². The van der Waals surface area contributed by atoms with Crippen molar-refractivity contribution in [3.8, 4) is 5.75 Å². The fraction of sp³-hybridized carbons (Fsp3) is 0.700. The summed E-state index contributed by atoms with van der Waals surface area (Å²) >= 11 is 0. The van der Waals surface area contributed by atoms with E-state index < -0.39 is 0 Å². The summed E-state index contributed by atoms with van der Waals surface area (Å²) in [7, 11) is 0. The summed E-state index contributed by atoms with van der Waals surface area (Å²) in [6, 6.07) is 6.27. The molecule has 0 bridgehead atoms. The van der Waals surface area contributed by atoms with E-state index in [0.717, 1.165) is 24.3 Å². The highest BCUT2D eigenvalue weighted by molar-refractivity contribution is 5.33. The maximum atomic E-state index is 5.85. The van der Waals surface area contributed by atoms with Crippen molar-refractivity contribution < 1.29 is 4.74 Å². The Hall–Kier alpha value is -1.02. The number of hydrogen-bond donors (Lipinski definition) is 1. The first-order valence-corrected chi connectivity index (χ1v) is 9.19. The van der Waals surface area contributed by atoms with Crippen molar-refractivity contribution in [1.29, 1.82) is 0 Å². The number of nitrogens with two attached hydrogens (primary N) is 1. The summed E-state index contributed by atoms with van der Waals surface area (Å²) in [4.78, 5) is 0. The van der Waals surface area contributed by atoms with E-state index in [1.165, 1.54) is 63.4 Å². The zero-order chi connectivity index (χ0) is 16.0. The lowest BCUT2D eigenvalue weighted by molar-refractivity contribution is 0.304. The highest BCUT2D eigenvalue weighted by Gasteiger charge is 1.99. The SMILES string of the molecule is CCCCCCCCCCCCOc1cc(C)cc(CN)c1. The molecule has 126 valence electrons. The van der Waals surface area contributed by atoms with Gasteiger partial charge in [-0.25, -0.2) is 0 Å². The third-order valence-corrected chi connectivity index (χ3v) is 4.11. The van der Waals surface area contributed by atoms with E-state index >= 15 is 0 Å². The predicted molar refractivity (Wildman–Crippen MR) is 96.4 cm³/mol. The van der Waals surface area contributed by atoms with Gasteiger partial charge in [0.1, 0.15) is 5.75 Å². The number of unbranched alkanes of at least 4 members (excludes halogenated alkanes) is 9. The maximum absolute atomic E-state index is 5.85. The molecule has 1 rings (SSSR count). The molecule has 2 heteroatoms. The molecule has 2 N–H and O–H groups in total. The minimum atomic E-state index is 0.580. The number of rotatable bonds is 13. The zero-order valence-electron chi connectivity index (χ0n) is 14.7. The molecule has 0 atom stereocenters. The van der Waals surface area contributed by atoms with Crippen LogP contribution >= 0.6 is 0 Å². The maximum Gasteiger partial charge on any atom is 0.119 e. The van der Waals surface area contributed by atoms with Crippen LogP contribution in [-0.2, 0) is 6.54 Å². The van der Waals surface area contributed by atoms with Crippen LogP contribution in [0.5, 0.6) is 5.75 Å². The van der Waals surface area contributed by atoms with E-state index in [0.29, 0.717) is 6.54 Å². The number of ether oxygens (including phenoxy) is 1. The summed E-state index contributed by atoms with van der Waals surface area (Å²) in [5.41, 5.74) is 8.07. The molecular formula is C20H35NO. The molecule has 0 spiro atoms. The first-order valence-electron chi connectivity index (χ1n) is 9.19. The summed E-state index contributed by atoms with van der Waals surface area (Å²) in [5, 5.41) is 0. The average molecular weight is 306 g/mol. The first-order chi connectivity index (χ1) is 10.8. The van der Waals surface area contributed by atoms with Gasteiger partial charge in [0.05, 0.1) is 6.61 Å². The third-order valence-electron chi connectivity index (χ3n) is 4.11. The summed E-state index contributed by atoms with van der Waals surface area (Å²) in [6.45, 7) is 5.77. The second kappa shape index (κ2) is 12.5. The van der Waals surface area contributed by atoms with Crippen LogP contribution in [0.1, 0.15) is 82.3 Å². The average Bonchev–Trinajstić information content (AvgIpc) is 2.52. The molecule has 0 saturated carbocycles. The molecule has 0 aliphatic rings. The van der Waals surface area contributed by atoms with E-state index in [1.54, 1.807) is 0 Å². The normalized spacial score (nSPS) is 10.9. The first kappa shape index (κ1) is 19.0. The molecule has 1 aromatic rings. The molecule has 1 aromatic carbocycles. The Kier molecular flexibility index (Phi) is 10.8. The number of hydrogen-bond acceptors (Lipinski definition) is 2. The van der Waals surface area contributed by atoms with Crippen LogP contribution in [0.3, 0.4) is 0 Å². The molecular weight excluding hydrogens is 270 g/mol. The Morgan fingerprint density at radius 2 is 1.41 bits per heavy atom. The minimum Gasteiger partial charge on any atom is -0.494 e. The molecule has 2 nitrogen and oxygen atoms in total. The van der Waals surface area contributed by atoms with Gasteiger partial charge in [-0.05, 0) is 36.6 Å². The molecule has 0 saturated heterocycles. The standard InChI is InChI=1S/C20H35NO/c1-3-4-5-6-7-8-9-10-11-12-13-22-20-15-18(2)14-19(16-20)17-21/h14-16H,3-13,17,21H2,1-2H3. The highest BCUT2D eigenvalue weighted by atomic mass is 16.5. The lowest BCUT2D eigenvalue weighted by Gasteiger charge is -2.09. The van der Waals surface area contributed by atoms with Crippen molar-refractivity contribution in [3.05, 3.63) is 29.3 Å². The largest absolute Gasteiger partial charge is 0.494 e. The molecule has 22 heavy (non-hydrogen) atoms. The van der Waals surface area contributed by atoms with Gasteiger partial charge >= 0.3 is 0 Å². The number of aryl methyl sites for hydroxylation is 1. The van der Waals surface area contributed by atoms with Crippen LogP contribution in [0.25, 0.3) is 0 Å². The lowest BCUT2D eigenvalue weighted by Crippen LogP contribution is -2.01. The van der Waals surface area contributed by atoms with Gasteiger partial charge in [-0.1, -0.05) is 70.8 Å². The second-order valence-electron chi connectivity index (χ2n) is 6.39. The van der Waals surface area contributed by atoms with Crippen LogP contribution in [0.2, 0.25) is 0 Å². The van der Waals surface area contributed by atoms with Gasteiger partial charge in [-0.2, -0.15) is 0 Å². The Labute approximate surface area is 137 Å². The fourth-order valence-corrected chi connectivity index (χ4v) is 2.81. The van der Waals surface area contributed by atoms with Crippen molar-refractivity contribution in [1.82, 2.24) is 0 Å². The molecule has 0 amide bonds. The quantitative estimate of drug-likeness (QED) is 0.471. The molecule has 0 fully saturated rings. The summed E-state index contributed by atoms with van der Waals surface area (Å²) in [5.74, 6) is 0.969. The van der Waals surface area contributed by atoms with Gasteiger partial charge in [0.2, 0.25) is 0 Å². The van der Waals surface area contributed by atoms with Crippen molar-refractivity contribution in [2.45, 2.75) is 84.6 Å². The molecule has 0 aliphatic heterocycles. The monoisotopic (exact) mass is 305 g/mol. The highest BCUT2D eigenvalue weighted by Crippen LogP contribution is 2.17. The van der Waals surface area contributed by atoms with Gasteiger partial charge in [0.15, 0.2) is 0 Å². The van der Waals surface area contributed by atoms with Crippen LogP contribution in [0.15, 0.2) is 18.2 Å². The predicted octanol–water partition coefficient (Wildman–Crippen LogP) is 5.75. The van der Waals surface area contributed by atoms with E-state index in [1.807, 2.05) is 0 Å². The summed E-state index contributed by atoms with van der Waals surface area (Å²) < 4.78 is 5.85. The lowest BCUT2D eigenvalue weighted by atomic mass is 10.1. The molecule has 0 radical (unpaired) electrons. The Morgan fingerprint density at radius 3 is 2.00 bits per heavy atom. The smallest absolute Gasteiger partial charge is 0.119 e. The van der Waals surface area contributed by atoms with Crippen LogP contribution in [0, 0.1) is 6.92 Å². The summed E-state index contributed by atoms with van der Waals surface area (Å²) in [6.07, 6.45) is 13.6. The van der Waals surface area contributed by atoms with Crippen molar-refractivity contribution in [2.24, 2.45) is 5.73 Å². The van der Waals surface area contributed by atoms with Gasteiger partial charge in [0.25, 0.3) is 0 Å². The van der Waals surface area contributed by atoms with Gasteiger partial charge in [0, 0.05) is 6.54 Å². The van der Waals surface area contributed by atoms with E-state index in [-0.39, 0.29) is 0 Å². The number of benzene rings is 1. The van der Waals surface area contributed by atoms with Gasteiger partial charge in [-0.15, -0.1) is 0 Å². The molecule has 0 unspecified atom stereocenters. The van der Waals surface area contributed by atoms with Crippen molar-refractivity contribution in [3.63, 3.8) is 0 Å². The van der Waals surface area contributed by atoms with E-state index in [2.05, 4.69) is 32.0 Å². The van der Waals surface area contributed by atoms with Gasteiger partial charge in [-0.3, -0.25) is 0 Å². The second-order valence-corrected chi connectivity index (χ2v) is 6.39. The Morgan fingerprint density at radius 1 is 0.818 bits per heavy atom. The van der Waals surface area contributed by atoms with Crippen LogP contribution < -0.4 is 10.5 Å². The Bertz CT molecular complexity index is 389. The molecule has 0 aliphatic carbocycles. The minimum absolute atomic E-state index is 0.580. The topological polar surface area (TPSA) is 35.2 Å². The fourth-order valence-electron chi connectivity index (χ4n) is 2.81. The van der Waals surface area contributed by atoms with E-state index in [9.17, 15) is 0 Å². The molecule has 0 heterocycles. The van der Waals surface area contributed by atoms with Crippen molar-refractivity contribution in [2.75, 3.05) is 6.61 Å². The Balaban J connectivity index is 1.98. The third kappa shape index (κ3) is 9.09. The van der Waals surface area contributed by atoms with Crippen LogP contribution in [0.4, 0.5) is 0 Å². The van der Waals surface area contributed by atoms with Crippen molar-refractivity contribution >= 4 is 0 Å². The van der Waals surface area contributed by atoms with Gasteiger partial charge < -0.3 is 10.5 Å². The zero-order valence-corrected chi connectivity index (χ0v) is 14.7. The van der Waals surface area contributed by atoms with Crippen LogP contribution in [-0.4, -0.2) is 6.61 Å².